The molecule has 112 valence electrons. The molecule has 1 aromatic rings. The van der Waals surface area contributed by atoms with Gasteiger partial charge in [-0.2, -0.15) is 0 Å². The monoisotopic (exact) mass is 289 g/mol. The van der Waals surface area contributed by atoms with Crippen molar-refractivity contribution in [2.24, 2.45) is 11.8 Å². The molecule has 0 spiro atoms. The number of aryl methyl sites for hydroxylation is 1. The van der Waals surface area contributed by atoms with Crippen molar-refractivity contribution in [3.63, 3.8) is 0 Å². The summed E-state index contributed by atoms with van der Waals surface area (Å²) in [4.78, 5) is 29.4. The van der Waals surface area contributed by atoms with Gasteiger partial charge in [0.05, 0.1) is 11.9 Å². The van der Waals surface area contributed by atoms with Gasteiger partial charge >= 0.3 is 12.0 Å². The summed E-state index contributed by atoms with van der Waals surface area (Å²) in [6.45, 7) is 2.43. The smallest absolute Gasteiger partial charge is 0.326 e. The zero-order chi connectivity index (χ0) is 15.0. The first-order valence-corrected chi connectivity index (χ1v) is 7.28. The third-order valence-corrected chi connectivity index (χ3v) is 4.53. The topological polar surface area (TPSA) is 82.5 Å². The molecule has 3 unspecified atom stereocenters. The van der Waals surface area contributed by atoms with E-state index in [9.17, 15) is 14.7 Å². The molecule has 6 heteroatoms. The highest BCUT2D eigenvalue weighted by Gasteiger charge is 2.49. The van der Waals surface area contributed by atoms with Gasteiger partial charge in [-0.15, -0.1) is 0 Å². The number of carboxylic acid groups (broad SMARTS) is 1. The highest BCUT2D eigenvalue weighted by atomic mass is 16.4. The largest absolute Gasteiger partial charge is 0.480 e. The van der Waals surface area contributed by atoms with Crippen LogP contribution in [0.5, 0.6) is 0 Å². The molecule has 0 bridgehead atoms. The Morgan fingerprint density at radius 2 is 2.19 bits per heavy atom. The molecule has 2 heterocycles. The third-order valence-electron chi connectivity index (χ3n) is 4.53. The SMILES string of the molecule is Cc1cncc(NC(=O)N2CC3CCCC3C2C(=O)O)c1. The average Bonchev–Trinajstić information content (AvgIpc) is 2.97. The molecule has 1 aromatic heterocycles. The Kier molecular flexibility index (Phi) is 3.53. The van der Waals surface area contributed by atoms with Crippen LogP contribution < -0.4 is 5.32 Å². The summed E-state index contributed by atoms with van der Waals surface area (Å²) in [6.07, 6.45) is 6.26. The van der Waals surface area contributed by atoms with Crippen LogP contribution in [0.15, 0.2) is 18.5 Å². The van der Waals surface area contributed by atoms with Gasteiger partial charge in [0.15, 0.2) is 0 Å². The molecule has 21 heavy (non-hydrogen) atoms. The zero-order valence-corrected chi connectivity index (χ0v) is 12.0. The van der Waals surface area contributed by atoms with E-state index in [1.54, 1.807) is 12.4 Å². The summed E-state index contributed by atoms with van der Waals surface area (Å²) >= 11 is 0. The second-order valence-electron chi connectivity index (χ2n) is 5.97. The predicted octanol–water partition coefficient (Wildman–Crippen LogP) is 2.11. The fraction of sp³-hybridized carbons (Fsp3) is 0.533. The number of nitrogens with zero attached hydrogens (tertiary/aromatic N) is 2. The molecule has 6 nitrogen and oxygen atoms in total. The number of urea groups is 1. The van der Waals surface area contributed by atoms with E-state index in [0.29, 0.717) is 18.2 Å². The first-order valence-electron chi connectivity index (χ1n) is 7.28. The minimum absolute atomic E-state index is 0.101. The lowest BCUT2D eigenvalue weighted by molar-refractivity contribution is -0.142. The Labute approximate surface area is 123 Å². The van der Waals surface area contributed by atoms with Crippen LogP contribution in [0, 0.1) is 18.8 Å². The molecule has 1 aliphatic carbocycles. The summed E-state index contributed by atoms with van der Waals surface area (Å²) < 4.78 is 0. The normalized spacial score (nSPS) is 27.5. The maximum atomic E-state index is 12.4. The summed E-state index contributed by atoms with van der Waals surface area (Å²) in [5.41, 5.74) is 1.54. The fourth-order valence-electron chi connectivity index (χ4n) is 3.65. The lowest BCUT2D eigenvalue weighted by Gasteiger charge is -2.24. The minimum Gasteiger partial charge on any atom is -0.480 e. The molecule has 1 aliphatic heterocycles. The highest BCUT2D eigenvalue weighted by Crippen LogP contribution is 2.42. The molecule has 2 amide bonds. The van der Waals surface area contributed by atoms with Gasteiger partial charge in [0, 0.05) is 12.7 Å². The first kappa shape index (κ1) is 13.9. The second-order valence-corrected chi connectivity index (χ2v) is 5.97. The van der Waals surface area contributed by atoms with E-state index >= 15 is 0 Å². The molecule has 2 fully saturated rings. The van der Waals surface area contributed by atoms with Gasteiger partial charge < -0.3 is 15.3 Å². The zero-order valence-electron chi connectivity index (χ0n) is 12.0. The van der Waals surface area contributed by atoms with E-state index in [1.165, 1.54) is 4.90 Å². The van der Waals surface area contributed by atoms with E-state index in [-0.39, 0.29) is 11.9 Å². The molecular formula is C15H19N3O3. The third kappa shape index (κ3) is 2.57. The first-order chi connectivity index (χ1) is 10.1. The Bertz CT molecular complexity index is 575. The van der Waals surface area contributed by atoms with Crippen LogP contribution in [0.4, 0.5) is 10.5 Å². The summed E-state index contributed by atoms with van der Waals surface area (Å²) in [6, 6.07) is 0.775. The number of hydrogen-bond donors (Lipinski definition) is 2. The number of amides is 2. The second kappa shape index (κ2) is 5.35. The van der Waals surface area contributed by atoms with Gasteiger partial charge in [0.25, 0.3) is 0 Å². The summed E-state index contributed by atoms with van der Waals surface area (Å²) in [5, 5.41) is 12.2. The maximum Gasteiger partial charge on any atom is 0.326 e. The van der Waals surface area contributed by atoms with Crippen molar-refractivity contribution in [1.29, 1.82) is 0 Å². The Morgan fingerprint density at radius 3 is 2.90 bits per heavy atom. The Hall–Kier alpha value is -2.11. The summed E-state index contributed by atoms with van der Waals surface area (Å²) in [5.74, 6) is -0.474. The number of anilines is 1. The molecular weight excluding hydrogens is 270 g/mol. The molecule has 3 rings (SSSR count). The number of carboxylic acids is 1. The standard InChI is InChI=1S/C15H19N3O3/c1-9-5-11(7-16-6-9)17-15(21)18-8-10-3-2-4-12(10)13(18)14(19)20/h5-7,10,12-13H,2-4,8H2,1H3,(H,17,21)(H,19,20). The molecule has 0 radical (unpaired) electrons. The van der Waals surface area contributed by atoms with Crippen molar-refractivity contribution >= 4 is 17.7 Å². The number of carbonyl (C=O) groups excluding carboxylic acids is 1. The van der Waals surface area contributed by atoms with E-state index < -0.39 is 12.0 Å². The van der Waals surface area contributed by atoms with E-state index in [4.69, 9.17) is 0 Å². The van der Waals surface area contributed by atoms with Gasteiger partial charge in [-0.1, -0.05) is 6.42 Å². The summed E-state index contributed by atoms with van der Waals surface area (Å²) in [7, 11) is 0. The molecule has 2 aliphatic rings. The van der Waals surface area contributed by atoms with Crippen molar-refractivity contribution in [2.75, 3.05) is 11.9 Å². The highest BCUT2D eigenvalue weighted by molar-refractivity contribution is 5.92. The number of nitrogens with one attached hydrogen (secondary N) is 1. The lowest BCUT2D eigenvalue weighted by atomic mass is 9.94. The van der Waals surface area contributed by atoms with E-state index in [0.717, 1.165) is 24.8 Å². The van der Waals surface area contributed by atoms with Crippen LogP contribution in [0.25, 0.3) is 0 Å². The van der Waals surface area contributed by atoms with Crippen molar-refractivity contribution in [3.05, 3.63) is 24.0 Å². The quantitative estimate of drug-likeness (QED) is 0.873. The number of fused-ring (bicyclic) bond motifs is 1. The van der Waals surface area contributed by atoms with Crippen LogP contribution in [0.1, 0.15) is 24.8 Å². The van der Waals surface area contributed by atoms with Gasteiger partial charge in [-0.25, -0.2) is 9.59 Å². The van der Waals surface area contributed by atoms with Crippen LogP contribution in [0.2, 0.25) is 0 Å². The molecule has 0 aromatic carbocycles. The minimum atomic E-state index is -0.901. The van der Waals surface area contributed by atoms with Crippen molar-refractivity contribution in [3.8, 4) is 0 Å². The van der Waals surface area contributed by atoms with E-state index in [1.807, 2.05) is 13.0 Å². The van der Waals surface area contributed by atoms with Crippen molar-refractivity contribution in [1.82, 2.24) is 9.88 Å². The number of hydrogen-bond acceptors (Lipinski definition) is 3. The predicted molar refractivity (Wildman–Crippen MR) is 77.0 cm³/mol. The average molecular weight is 289 g/mol. The van der Waals surface area contributed by atoms with Gasteiger partial charge in [0.1, 0.15) is 6.04 Å². The number of rotatable bonds is 2. The van der Waals surface area contributed by atoms with Crippen LogP contribution in [-0.2, 0) is 4.79 Å². The Balaban J connectivity index is 1.76. The van der Waals surface area contributed by atoms with Crippen LogP contribution >= 0.6 is 0 Å². The number of pyridine rings is 1. The van der Waals surface area contributed by atoms with E-state index in [2.05, 4.69) is 10.3 Å². The molecule has 2 N–H and O–H groups in total. The number of aliphatic carboxylic acids is 1. The Morgan fingerprint density at radius 1 is 1.38 bits per heavy atom. The molecule has 1 saturated heterocycles. The van der Waals surface area contributed by atoms with Gasteiger partial charge in [-0.3, -0.25) is 4.98 Å². The van der Waals surface area contributed by atoms with Gasteiger partial charge in [-0.05, 0) is 43.2 Å². The number of aromatic nitrogens is 1. The van der Waals surface area contributed by atoms with Gasteiger partial charge in [0.2, 0.25) is 0 Å². The maximum absolute atomic E-state index is 12.4. The van der Waals surface area contributed by atoms with Crippen molar-refractivity contribution < 1.29 is 14.7 Å². The fourth-order valence-corrected chi connectivity index (χ4v) is 3.65. The lowest BCUT2D eigenvalue weighted by Crippen LogP contribution is -2.45. The van der Waals surface area contributed by atoms with Crippen LogP contribution in [0.3, 0.4) is 0 Å². The van der Waals surface area contributed by atoms with Crippen molar-refractivity contribution in [2.45, 2.75) is 32.2 Å². The molecule has 3 atom stereocenters. The van der Waals surface area contributed by atoms with Crippen LogP contribution in [-0.4, -0.2) is 39.6 Å². The number of carbonyl (C=O) groups is 2. The number of likely N-dealkylation sites (tertiary alicyclic amines) is 1. The molecule has 1 saturated carbocycles.